The number of methoxy groups -OCH3 is 1. The molecule has 1 spiro atoms. The molecule has 2 aliphatic rings. The van der Waals surface area contributed by atoms with Gasteiger partial charge < -0.3 is 14.8 Å². The Morgan fingerprint density at radius 1 is 1.27 bits per heavy atom. The molecule has 0 aromatic carbocycles. The van der Waals surface area contributed by atoms with Gasteiger partial charge in [0.1, 0.15) is 5.60 Å². The Hall–Kier alpha value is -0.120. The Morgan fingerprint density at radius 3 is 2.73 bits per heavy atom. The van der Waals surface area contributed by atoms with E-state index in [4.69, 9.17) is 9.47 Å². The molecular weight excluding hydrogens is 190 g/mol. The standard InChI is InChI=1S/C12H23NO2/c1-11(2)8-13-9-12(15-11)7-5-4-6-10(12)14-3/h10,13H,4-9H2,1-3H3. The zero-order valence-electron chi connectivity index (χ0n) is 10.1. The van der Waals surface area contributed by atoms with Crippen LogP contribution in [0.4, 0.5) is 0 Å². The molecule has 88 valence electrons. The van der Waals surface area contributed by atoms with Gasteiger partial charge in [-0.3, -0.25) is 0 Å². The molecule has 15 heavy (non-hydrogen) atoms. The number of nitrogens with one attached hydrogen (secondary N) is 1. The van der Waals surface area contributed by atoms with Crippen LogP contribution in [0.1, 0.15) is 39.5 Å². The average molecular weight is 213 g/mol. The molecule has 2 atom stereocenters. The van der Waals surface area contributed by atoms with Gasteiger partial charge in [-0.25, -0.2) is 0 Å². The summed E-state index contributed by atoms with van der Waals surface area (Å²) in [6, 6.07) is 0. The molecule has 1 saturated carbocycles. The molecule has 2 fully saturated rings. The Labute approximate surface area is 92.5 Å². The van der Waals surface area contributed by atoms with Gasteiger partial charge in [-0.05, 0) is 26.7 Å². The van der Waals surface area contributed by atoms with E-state index in [9.17, 15) is 0 Å². The maximum Gasteiger partial charge on any atom is 0.107 e. The lowest BCUT2D eigenvalue weighted by atomic mass is 9.80. The molecule has 0 bridgehead atoms. The number of morpholine rings is 1. The van der Waals surface area contributed by atoms with Gasteiger partial charge in [0, 0.05) is 20.2 Å². The SMILES string of the molecule is COC1CCCCC12CNCC(C)(C)O2. The maximum absolute atomic E-state index is 6.32. The lowest BCUT2D eigenvalue weighted by Crippen LogP contribution is -2.64. The van der Waals surface area contributed by atoms with Crippen LogP contribution in [0.5, 0.6) is 0 Å². The van der Waals surface area contributed by atoms with Crippen LogP contribution in [-0.2, 0) is 9.47 Å². The van der Waals surface area contributed by atoms with Crippen LogP contribution in [0, 0.1) is 0 Å². The van der Waals surface area contributed by atoms with E-state index in [0.717, 1.165) is 25.9 Å². The van der Waals surface area contributed by atoms with Crippen LogP contribution in [0.3, 0.4) is 0 Å². The Balaban J connectivity index is 2.14. The molecule has 1 heterocycles. The molecule has 3 heteroatoms. The van der Waals surface area contributed by atoms with E-state index in [2.05, 4.69) is 19.2 Å². The summed E-state index contributed by atoms with van der Waals surface area (Å²) in [7, 11) is 1.81. The van der Waals surface area contributed by atoms with Crippen LogP contribution in [0.15, 0.2) is 0 Å². The van der Waals surface area contributed by atoms with Gasteiger partial charge >= 0.3 is 0 Å². The van der Waals surface area contributed by atoms with E-state index in [0.29, 0.717) is 0 Å². The number of ether oxygens (including phenoxy) is 2. The molecular formula is C12H23NO2. The highest BCUT2D eigenvalue weighted by molar-refractivity contribution is 5.00. The van der Waals surface area contributed by atoms with Gasteiger partial charge in [-0.1, -0.05) is 12.8 Å². The maximum atomic E-state index is 6.32. The first-order valence-corrected chi connectivity index (χ1v) is 6.02. The molecule has 1 saturated heterocycles. The third-order valence-electron chi connectivity index (χ3n) is 3.64. The fourth-order valence-corrected chi connectivity index (χ4v) is 3.03. The van der Waals surface area contributed by atoms with Crippen molar-refractivity contribution in [3.05, 3.63) is 0 Å². The zero-order valence-corrected chi connectivity index (χ0v) is 10.1. The van der Waals surface area contributed by atoms with Crippen molar-refractivity contribution in [2.45, 2.75) is 56.8 Å². The topological polar surface area (TPSA) is 30.5 Å². The van der Waals surface area contributed by atoms with E-state index < -0.39 is 0 Å². The van der Waals surface area contributed by atoms with Crippen molar-refractivity contribution in [3.8, 4) is 0 Å². The molecule has 1 aliphatic heterocycles. The van der Waals surface area contributed by atoms with Crippen molar-refractivity contribution < 1.29 is 9.47 Å². The van der Waals surface area contributed by atoms with Gasteiger partial charge in [0.05, 0.1) is 11.7 Å². The van der Waals surface area contributed by atoms with Gasteiger partial charge in [-0.15, -0.1) is 0 Å². The minimum absolute atomic E-state index is 0.0631. The summed E-state index contributed by atoms with van der Waals surface area (Å²) < 4.78 is 11.9. The second kappa shape index (κ2) is 4.04. The first-order chi connectivity index (χ1) is 7.08. The molecule has 0 aromatic rings. The van der Waals surface area contributed by atoms with Crippen molar-refractivity contribution in [1.29, 1.82) is 0 Å². The smallest absolute Gasteiger partial charge is 0.107 e. The predicted molar refractivity (Wildman–Crippen MR) is 60.0 cm³/mol. The summed E-state index contributed by atoms with van der Waals surface area (Å²) in [6.07, 6.45) is 5.05. The highest BCUT2D eigenvalue weighted by atomic mass is 16.6. The Morgan fingerprint density at radius 2 is 2.07 bits per heavy atom. The van der Waals surface area contributed by atoms with Crippen molar-refractivity contribution in [3.63, 3.8) is 0 Å². The fourth-order valence-electron chi connectivity index (χ4n) is 3.03. The van der Waals surface area contributed by atoms with Crippen molar-refractivity contribution in [2.75, 3.05) is 20.2 Å². The van der Waals surface area contributed by atoms with Crippen LogP contribution in [0.25, 0.3) is 0 Å². The van der Waals surface area contributed by atoms with Crippen LogP contribution < -0.4 is 5.32 Å². The monoisotopic (exact) mass is 213 g/mol. The Kier molecular flexibility index (Phi) is 3.06. The first kappa shape index (κ1) is 11.4. The normalized spacial score (nSPS) is 40.6. The minimum atomic E-state index is -0.0747. The van der Waals surface area contributed by atoms with Gasteiger partial charge in [-0.2, -0.15) is 0 Å². The van der Waals surface area contributed by atoms with Crippen molar-refractivity contribution >= 4 is 0 Å². The summed E-state index contributed by atoms with van der Waals surface area (Å²) in [5.41, 5.74) is -0.138. The fraction of sp³-hybridized carbons (Fsp3) is 1.00. The van der Waals surface area contributed by atoms with Gasteiger partial charge in [0.15, 0.2) is 0 Å². The van der Waals surface area contributed by atoms with Crippen LogP contribution >= 0.6 is 0 Å². The highest BCUT2D eigenvalue weighted by Crippen LogP contribution is 2.38. The van der Waals surface area contributed by atoms with Crippen molar-refractivity contribution in [2.24, 2.45) is 0 Å². The van der Waals surface area contributed by atoms with E-state index >= 15 is 0 Å². The quantitative estimate of drug-likeness (QED) is 0.719. The van der Waals surface area contributed by atoms with Gasteiger partial charge in [0.2, 0.25) is 0 Å². The third-order valence-corrected chi connectivity index (χ3v) is 3.64. The van der Waals surface area contributed by atoms with Crippen LogP contribution in [-0.4, -0.2) is 37.5 Å². The second-order valence-corrected chi connectivity index (χ2v) is 5.50. The van der Waals surface area contributed by atoms with Crippen molar-refractivity contribution in [1.82, 2.24) is 5.32 Å². The molecule has 3 nitrogen and oxygen atoms in total. The molecule has 0 radical (unpaired) electrons. The van der Waals surface area contributed by atoms with E-state index in [1.165, 1.54) is 12.8 Å². The zero-order chi connectivity index (χ0) is 10.9. The summed E-state index contributed by atoms with van der Waals surface area (Å²) in [4.78, 5) is 0. The third kappa shape index (κ3) is 2.19. The lowest BCUT2D eigenvalue weighted by Gasteiger charge is -2.51. The summed E-state index contributed by atoms with van der Waals surface area (Å²) >= 11 is 0. The number of rotatable bonds is 1. The second-order valence-electron chi connectivity index (χ2n) is 5.50. The van der Waals surface area contributed by atoms with E-state index in [-0.39, 0.29) is 17.3 Å². The molecule has 2 unspecified atom stereocenters. The van der Waals surface area contributed by atoms with Crippen LogP contribution in [0.2, 0.25) is 0 Å². The largest absolute Gasteiger partial charge is 0.378 e. The number of hydrogen-bond acceptors (Lipinski definition) is 3. The highest BCUT2D eigenvalue weighted by Gasteiger charge is 2.47. The molecule has 1 aliphatic carbocycles. The summed E-state index contributed by atoms with van der Waals surface area (Å²) in [5, 5.41) is 3.49. The summed E-state index contributed by atoms with van der Waals surface area (Å²) in [6.45, 7) is 6.19. The first-order valence-electron chi connectivity index (χ1n) is 6.02. The Bertz CT molecular complexity index is 226. The average Bonchev–Trinajstić information content (AvgIpc) is 2.16. The molecule has 1 N–H and O–H groups in total. The predicted octanol–water partition coefficient (Wildman–Crippen LogP) is 1.71. The van der Waals surface area contributed by atoms with Gasteiger partial charge in [0.25, 0.3) is 0 Å². The van der Waals surface area contributed by atoms with E-state index in [1.807, 2.05) is 7.11 Å². The lowest BCUT2D eigenvalue weighted by molar-refractivity contribution is -0.224. The number of hydrogen-bond donors (Lipinski definition) is 1. The molecule has 2 rings (SSSR count). The minimum Gasteiger partial charge on any atom is -0.378 e. The summed E-state index contributed by atoms with van der Waals surface area (Å²) in [5.74, 6) is 0. The van der Waals surface area contributed by atoms with E-state index in [1.54, 1.807) is 0 Å². The molecule has 0 aromatic heterocycles. The molecule has 0 amide bonds.